The van der Waals surface area contributed by atoms with Gasteiger partial charge in [0.25, 0.3) is 0 Å². The predicted molar refractivity (Wildman–Crippen MR) is 110 cm³/mol. The summed E-state index contributed by atoms with van der Waals surface area (Å²) in [6, 6.07) is 7.95. The molecule has 0 saturated carbocycles. The first-order chi connectivity index (χ1) is 13.8. The molecule has 0 fully saturated rings. The van der Waals surface area contributed by atoms with Crippen molar-refractivity contribution in [2.24, 2.45) is 0 Å². The van der Waals surface area contributed by atoms with Crippen molar-refractivity contribution in [1.29, 1.82) is 0 Å². The quantitative estimate of drug-likeness (QED) is 0.597. The Morgan fingerprint density at radius 2 is 1.59 bits per heavy atom. The van der Waals surface area contributed by atoms with Crippen molar-refractivity contribution in [3.63, 3.8) is 0 Å². The number of hydrogen-bond acceptors (Lipinski definition) is 8. The molecule has 0 spiro atoms. The molecule has 0 aromatic heterocycles. The third-order valence-electron chi connectivity index (χ3n) is 4.32. The average Bonchev–Trinajstić information content (AvgIpc) is 2.71. The second kappa shape index (κ2) is 7.96. The van der Waals surface area contributed by atoms with E-state index in [2.05, 4.69) is 20.7 Å². The molecule has 0 radical (unpaired) electrons. The second-order valence-electron chi connectivity index (χ2n) is 5.85. The highest BCUT2D eigenvalue weighted by Gasteiger charge is 2.37. The van der Waals surface area contributed by atoms with E-state index < -0.39 is 20.7 Å². The molecule has 10 heteroatoms. The zero-order valence-electron chi connectivity index (χ0n) is 16.1. The monoisotopic (exact) mass is 483 g/mol. The Bertz CT molecular complexity index is 1090. The van der Waals surface area contributed by atoms with Crippen molar-refractivity contribution >= 4 is 43.1 Å². The lowest BCUT2D eigenvalue weighted by atomic mass is 10.2. The number of esters is 1. The molecule has 1 aliphatic heterocycles. The molecule has 2 aromatic carbocycles. The minimum absolute atomic E-state index is 0.0302. The number of hydrogen-bond donors (Lipinski definition) is 0. The smallest absolute Gasteiger partial charge is 0.351 e. The van der Waals surface area contributed by atoms with E-state index in [1.807, 2.05) is 0 Å². The third kappa shape index (κ3) is 3.53. The zero-order valence-corrected chi connectivity index (χ0v) is 18.5. The summed E-state index contributed by atoms with van der Waals surface area (Å²) in [6.07, 6.45) is 1.22. The highest BCUT2D eigenvalue weighted by Crippen LogP contribution is 2.46. The maximum Gasteiger partial charge on any atom is 0.351 e. The molecule has 0 saturated heterocycles. The van der Waals surface area contributed by atoms with Gasteiger partial charge in [-0.05, 0) is 18.2 Å². The summed E-state index contributed by atoms with van der Waals surface area (Å²) >= 11 is 3.36. The summed E-state index contributed by atoms with van der Waals surface area (Å²) in [7, 11) is 1.50. The van der Waals surface area contributed by atoms with Crippen LogP contribution in [0, 0.1) is 0 Å². The number of fused-ring (bicyclic) bond motifs is 1. The maximum absolute atomic E-state index is 13.0. The fourth-order valence-corrected chi connectivity index (χ4v) is 4.78. The van der Waals surface area contributed by atoms with E-state index in [-0.39, 0.29) is 4.90 Å². The standard InChI is InChI=1S/C19H18BrNO7S/c1-25-14-8-12(9-15(26-2)18(14)27-3)21-10-17(19(22)28-4)29(23,24)16-6-5-11(20)7-13(16)21/h5-10H,1-4H3. The third-order valence-corrected chi connectivity index (χ3v) is 6.59. The van der Waals surface area contributed by atoms with E-state index in [1.165, 1.54) is 33.6 Å². The largest absolute Gasteiger partial charge is 0.493 e. The molecule has 8 nitrogen and oxygen atoms in total. The van der Waals surface area contributed by atoms with E-state index in [9.17, 15) is 13.2 Å². The Morgan fingerprint density at radius 3 is 2.10 bits per heavy atom. The van der Waals surface area contributed by atoms with Gasteiger partial charge in [0.15, 0.2) is 16.4 Å². The van der Waals surface area contributed by atoms with Gasteiger partial charge >= 0.3 is 5.97 Å². The molecule has 2 aromatic rings. The number of halogens is 1. The van der Waals surface area contributed by atoms with Gasteiger partial charge in [0.05, 0.1) is 44.7 Å². The molecular weight excluding hydrogens is 466 g/mol. The number of ether oxygens (including phenoxy) is 4. The molecule has 0 N–H and O–H groups in total. The average molecular weight is 484 g/mol. The van der Waals surface area contributed by atoms with Crippen LogP contribution >= 0.6 is 15.9 Å². The van der Waals surface area contributed by atoms with Crippen LogP contribution < -0.4 is 19.1 Å². The molecule has 0 unspecified atom stereocenters. The van der Waals surface area contributed by atoms with E-state index in [0.29, 0.717) is 33.1 Å². The van der Waals surface area contributed by atoms with Crippen LogP contribution in [0.1, 0.15) is 0 Å². The van der Waals surface area contributed by atoms with E-state index in [4.69, 9.17) is 14.2 Å². The normalized spacial score (nSPS) is 14.5. The molecule has 0 amide bonds. The molecule has 3 rings (SSSR count). The summed E-state index contributed by atoms with van der Waals surface area (Å²) in [5, 5.41) is 0. The van der Waals surface area contributed by atoms with E-state index in [0.717, 1.165) is 7.11 Å². The van der Waals surface area contributed by atoms with Gasteiger partial charge < -0.3 is 23.8 Å². The van der Waals surface area contributed by atoms with Crippen molar-refractivity contribution in [3.8, 4) is 17.2 Å². The van der Waals surface area contributed by atoms with Crippen molar-refractivity contribution in [1.82, 2.24) is 0 Å². The van der Waals surface area contributed by atoms with Crippen LogP contribution in [-0.2, 0) is 19.4 Å². The first-order valence-electron chi connectivity index (χ1n) is 8.22. The topological polar surface area (TPSA) is 91.4 Å². The lowest BCUT2D eigenvalue weighted by molar-refractivity contribution is -0.135. The van der Waals surface area contributed by atoms with Crippen molar-refractivity contribution < 1.29 is 32.2 Å². The first-order valence-corrected chi connectivity index (χ1v) is 10.5. The summed E-state index contributed by atoms with van der Waals surface area (Å²) < 4.78 is 47.4. The van der Waals surface area contributed by atoms with Crippen molar-refractivity contribution in [3.05, 3.63) is 45.9 Å². The SMILES string of the molecule is COC(=O)C1=CN(c2cc(OC)c(OC)c(OC)c2)c2cc(Br)ccc2S1(=O)=O. The van der Waals surface area contributed by atoms with Crippen LogP contribution in [0.25, 0.3) is 0 Å². The maximum atomic E-state index is 13.0. The first kappa shape index (κ1) is 21.0. The summed E-state index contributed by atoms with van der Waals surface area (Å²) in [6.45, 7) is 0. The second-order valence-corrected chi connectivity index (χ2v) is 8.66. The fourth-order valence-electron chi connectivity index (χ4n) is 2.96. The molecular formula is C19H18BrNO7S. The highest BCUT2D eigenvalue weighted by atomic mass is 79.9. The van der Waals surface area contributed by atoms with Gasteiger partial charge in [-0.1, -0.05) is 15.9 Å². The van der Waals surface area contributed by atoms with Gasteiger partial charge in [-0.15, -0.1) is 0 Å². The lowest BCUT2D eigenvalue weighted by Crippen LogP contribution is -2.26. The van der Waals surface area contributed by atoms with Crippen LogP contribution in [0.4, 0.5) is 11.4 Å². The Morgan fingerprint density at radius 1 is 0.966 bits per heavy atom. The molecule has 0 aliphatic carbocycles. The summed E-state index contributed by atoms with van der Waals surface area (Å²) in [5.41, 5.74) is 0.844. The number of methoxy groups -OCH3 is 4. The van der Waals surface area contributed by atoms with Gasteiger partial charge in [0.2, 0.25) is 15.6 Å². The van der Waals surface area contributed by atoms with Crippen molar-refractivity contribution in [2.45, 2.75) is 4.90 Å². The number of carbonyl (C=O) groups excluding carboxylic acids is 1. The minimum Gasteiger partial charge on any atom is -0.493 e. The number of anilines is 2. The van der Waals surface area contributed by atoms with Gasteiger partial charge in [-0.2, -0.15) is 0 Å². The molecule has 0 atom stereocenters. The minimum atomic E-state index is -4.06. The predicted octanol–water partition coefficient (Wildman–Crippen LogP) is 3.41. The fraction of sp³-hybridized carbons (Fsp3) is 0.211. The van der Waals surface area contributed by atoms with E-state index >= 15 is 0 Å². The summed E-state index contributed by atoms with van der Waals surface area (Å²) in [5.74, 6) is 0.172. The lowest BCUT2D eigenvalue weighted by Gasteiger charge is -2.29. The van der Waals surface area contributed by atoms with Crippen LogP contribution in [-0.4, -0.2) is 42.8 Å². The Labute approximate surface area is 176 Å². The highest BCUT2D eigenvalue weighted by molar-refractivity contribution is 9.10. The zero-order chi connectivity index (χ0) is 21.3. The van der Waals surface area contributed by atoms with Crippen LogP contribution in [0.5, 0.6) is 17.2 Å². The van der Waals surface area contributed by atoms with Crippen LogP contribution in [0.15, 0.2) is 50.8 Å². The molecule has 0 bridgehead atoms. The van der Waals surface area contributed by atoms with Crippen LogP contribution in [0.3, 0.4) is 0 Å². The number of rotatable bonds is 5. The number of nitrogens with zero attached hydrogens (tertiary/aromatic N) is 1. The number of carbonyl (C=O) groups is 1. The number of sulfone groups is 1. The van der Waals surface area contributed by atoms with Crippen molar-refractivity contribution in [2.75, 3.05) is 33.3 Å². The Hall–Kier alpha value is -2.72. The van der Waals surface area contributed by atoms with Crippen LogP contribution in [0.2, 0.25) is 0 Å². The molecule has 29 heavy (non-hydrogen) atoms. The molecule has 1 aliphatic rings. The van der Waals surface area contributed by atoms with Gasteiger partial charge in [0, 0.05) is 22.8 Å². The Kier molecular flexibility index (Phi) is 5.76. The van der Waals surface area contributed by atoms with Gasteiger partial charge in [-0.3, -0.25) is 0 Å². The summed E-state index contributed by atoms with van der Waals surface area (Å²) in [4.78, 5) is 13.2. The van der Waals surface area contributed by atoms with E-state index in [1.54, 1.807) is 29.2 Å². The molecule has 1 heterocycles. The Balaban J connectivity index is 2.33. The van der Waals surface area contributed by atoms with Gasteiger partial charge in [0.1, 0.15) is 0 Å². The number of benzene rings is 2. The van der Waals surface area contributed by atoms with Gasteiger partial charge in [-0.25, -0.2) is 13.2 Å². The molecule has 154 valence electrons.